The van der Waals surface area contributed by atoms with E-state index in [1.165, 1.54) is 12.1 Å². The Morgan fingerprint density at radius 1 is 1.61 bits per heavy atom. The van der Waals surface area contributed by atoms with Gasteiger partial charge in [0.25, 0.3) is 0 Å². The first-order valence-corrected chi connectivity index (χ1v) is 7.91. The Bertz CT molecular complexity index is 456. The largest absolute Gasteiger partial charge is 0.491 e. The van der Waals surface area contributed by atoms with Gasteiger partial charge in [0.2, 0.25) is 0 Å². The summed E-state index contributed by atoms with van der Waals surface area (Å²) in [5.41, 5.74) is 0. The zero-order valence-electron chi connectivity index (χ0n) is 9.86. The van der Waals surface area contributed by atoms with E-state index in [0.29, 0.717) is 23.4 Å². The molecule has 0 unspecified atom stereocenters. The van der Waals surface area contributed by atoms with Crippen molar-refractivity contribution in [3.63, 3.8) is 0 Å². The molecule has 0 saturated carbocycles. The first-order valence-electron chi connectivity index (χ1n) is 5.56. The standard InChI is InChI=1S/C12H13ClFNOS2/c1-8-7-18-12(15-8)17-5-4-16-11-3-2-9(14)6-10(11)13/h2-3,6,8H,4-5,7H2,1H3/t8-/m1/s1. The Balaban J connectivity index is 1.74. The average molecular weight is 306 g/mol. The molecule has 1 aliphatic rings. The minimum Gasteiger partial charge on any atom is -0.491 e. The topological polar surface area (TPSA) is 21.6 Å². The Hall–Kier alpha value is -0.390. The molecule has 6 heteroatoms. The van der Waals surface area contributed by atoms with Crippen molar-refractivity contribution in [1.29, 1.82) is 0 Å². The van der Waals surface area contributed by atoms with E-state index >= 15 is 0 Å². The predicted octanol–water partition coefficient (Wildman–Crippen LogP) is 4.08. The van der Waals surface area contributed by atoms with Gasteiger partial charge in [-0.25, -0.2) is 4.39 Å². The van der Waals surface area contributed by atoms with Crippen molar-refractivity contribution in [1.82, 2.24) is 0 Å². The molecule has 2 nitrogen and oxygen atoms in total. The fourth-order valence-electron chi connectivity index (χ4n) is 1.40. The van der Waals surface area contributed by atoms with Gasteiger partial charge < -0.3 is 4.74 Å². The van der Waals surface area contributed by atoms with Crippen LogP contribution in [0.3, 0.4) is 0 Å². The number of halogens is 2. The lowest BCUT2D eigenvalue weighted by Crippen LogP contribution is -2.02. The second-order valence-corrected chi connectivity index (χ2v) is 6.58. The monoisotopic (exact) mass is 305 g/mol. The zero-order chi connectivity index (χ0) is 13.0. The lowest BCUT2D eigenvalue weighted by Gasteiger charge is -2.07. The summed E-state index contributed by atoms with van der Waals surface area (Å²) in [5.74, 6) is 2.04. The van der Waals surface area contributed by atoms with E-state index in [9.17, 15) is 4.39 Å². The molecule has 0 amide bonds. The third-order valence-electron chi connectivity index (χ3n) is 2.23. The SMILES string of the molecule is C[C@@H]1CSC(SCCOc2ccc(F)cc2Cl)=N1. The van der Waals surface area contributed by atoms with Gasteiger partial charge in [0.1, 0.15) is 15.9 Å². The summed E-state index contributed by atoms with van der Waals surface area (Å²) in [6.45, 7) is 2.64. The number of aliphatic imine (C=N–C) groups is 1. The second-order valence-electron chi connectivity index (χ2n) is 3.83. The molecule has 18 heavy (non-hydrogen) atoms. The Morgan fingerprint density at radius 2 is 2.44 bits per heavy atom. The molecule has 0 aromatic heterocycles. The summed E-state index contributed by atoms with van der Waals surface area (Å²) in [6, 6.07) is 4.56. The lowest BCUT2D eigenvalue weighted by molar-refractivity contribution is 0.344. The van der Waals surface area contributed by atoms with Crippen molar-refractivity contribution in [2.45, 2.75) is 13.0 Å². The van der Waals surface area contributed by atoms with Crippen LogP contribution in [0, 0.1) is 5.82 Å². The van der Waals surface area contributed by atoms with E-state index in [4.69, 9.17) is 16.3 Å². The van der Waals surface area contributed by atoms with Gasteiger partial charge in [-0.1, -0.05) is 35.1 Å². The third kappa shape index (κ3) is 4.07. The van der Waals surface area contributed by atoms with Gasteiger partial charge in [-0.05, 0) is 25.1 Å². The lowest BCUT2D eigenvalue weighted by atomic mass is 10.3. The molecule has 0 bridgehead atoms. The van der Waals surface area contributed by atoms with Crippen molar-refractivity contribution in [3.8, 4) is 5.75 Å². The van der Waals surface area contributed by atoms with Crippen molar-refractivity contribution >= 4 is 39.5 Å². The summed E-state index contributed by atoms with van der Waals surface area (Å²) in [7, 11) is 0. The molecule has 0 radical (unpaired) electrons. The van der Waals surface area contributed by atoms with Crippen molar-refractivity contribution in [2.75, 3.05) is 18.1 Å². The van der Waals surface area contributed by atoms with Gasteiger partial charge >= 0.3 is 0 Å². The highest BCUT2D eigenvalue weighted by Gasteiger charge is 2.13. The number of rotatable bonds is 4. The molecule has 0 spiro atoms. The molecule has 0 aliphatic carbocycles. The minimum absolute atomic E-state index is 0.307. The summed E-state index contributed by atoms with van der Waals surface area (Å²) >= 11 is 9.33. The van der Waals surface area contributed by atoms with Crippen LogP contribution in [0.5, 0.6) is 5.75 Å². The summed E-state index contributed by atoms with van der Waals surface area (Å²) in [6.07, 6.45) is 0. The molecule has 0 saturated heterocycles. The smallest absolute Gasteiger partial charge is 0.138 e. The van der Waals surface area contributed by atoms with Gasteiger partial charge in [-0.3, -0.25) is 4.99 Å². The Morgan fingerprint density at radius 3 is 3.11 bits per heavy atom. The van der Waals surface area contributed by atoms with Crippen LogP contribution in [-0.2, 0) is 0 Å². The molecule has 1 aromatic carbocycles. The van der Waals surface area contributed by atoms with E-state index in [1.54, 1.807) is 29.6 Å². The van der Waals surface area contributed by atoms with E-state index in [0.717, 1.165) is 15.9 Å². The van der Waals surface area contributed by atoms with Crippen LogP contribution in [-0.4, -0.2) is 28.5 Å². The van der Waals surface area contributed by atoms with Crippen LogP contribution >= 0.6 is 35.1 Å². The van der Waals surface area contributed by atoms with E-state index in [1.807, 2.05) is 0 Å². The fourth-order valence-corrected chi connectivity index (χ4v) is 3.72. The van der Waals surface area contributed by atoms with Crippen molar-refractivity contribution in [2.24, 2.45) is 4.99 Å². The van der Waals surface area contributed by atoms with Crippen molar-refractivity contribution in [3.05, 3.63) is 29.0 Å². The number of hydrogen-bond donors (Lipinski definition) is 0. The third-order valence-corrected chi connectivity index (χ3v) is 4.96. The predicted molar refractivity (Wildman–Crippen MR) is 78.7 cm³/mol. The molecule has 1 aromatic rings. The van der Waals surface area contributed by atoms with Gasteiger partial charge in [-0.2, -0.15) is 0 Å². The highest BCUT2D eigenvalue weighted by molar-refractivity contribution is 8.39. The Kier molecular flexibility index (Phi) is 5.21. The second kappa shape index (κ2) is 6.68. The highest BCUT2D eigenvalue weighted by atomic mass is 35.5. The highest BCUT2D eigenvalue weighted by Crippen LogP contribution is 2.27. The zero-order valence-corrected chi connectivity index (χ0v) is 12.2. The number of ether oxygens (including phenoxy) is 1. The average Bonchev–Trinajstić information content (AvgIpc) is 2.73. The molecule has 0 N–H and O–H groups in total. The Labute approximate surface area is 119 Å². The van der Waals surface area contributed by atoms with Gasteiger partial charge in [0.05, 0.1) is 17.7 Å². The first kappa shape index (κ1) is 14.0. The normalized spacial score (nSPS) is 18.8. The maximum atomic E-state index is 12.8. The van der Waals surface area contributed by atoms with Gasteiger partial charge in [-0.15, -0.1) is 0 Å². The minimum atomic E-state index is -0.354. The molecule has 2 rings (SSSR count). The summed E-state index contributed by atoms with van der Waals surface area (Å²) in [4.78, 5) is 4.47. The summed E-state index contributed by atoms with van der Waals surface area (Å²) < 4.78 is 19.4. The van der Waals surface area contributed by atoms with E-state index in [2.05, 4.69) is 11.9 Å². The maximum Gasteiger partial charge on any atom is 0.138 e. The quantitative estimate of drug-likeness (QED) is 0.782. The van der Waals surface area contributed by atoms with Crippen LogP contribution in [0.4, 0.5) is 4.39 Å². The van der Waals surface area contributed by atoms with Crippen LogP contribution in [0.15, 0.2) is 23.2 Å². The van der Waals surface area contributed by atoms with Gasteiger partial charge in [0.15, 0.2) is 0 Å². The fraction of sp³-hybridized carbons (Fsp3) is 0.417. The molecule has 1 heterocycles. The van der Waals surface area contributed by atoms with Crippen LogP contribution in [0.1, 0.15) is 6.92 Å². The van der Waals surface area contributed by atoms with E-state index < -0.39 is 0 Å². The van der Waals surface area contributed by atoms with Crippen LogP contribution in [0.25, 0.3) is 0 Å². The van der Waals surface area contributed by atoms with E-state index in [-0.39, 0.29) is 5.82 Å². The summed E-state index contributed by atoms with van der Waals surface area (Å²) in [5, 5.41) is 0.307. The number of hydrogen-bond acceptors (Lipinski definition) is 4. The molecular formula is C12H13ClFNOS2. The number of nitrogens with zero attached hydrogens (tertiary/aromatic N) is 1. The molecule has 98 valence electrons. The van der Waals surface area contributed by atoms with Crippen LogP contribution in [0.2, 0.25) is 5.02 Å². The van der Waals surface area contributed by atoms with Crippen LogP contribution < -0.4 is 4.74 Å². The maximum absolute atomic E-state index is 12.8. The van der Waals surface area contributed by atoms with Crippen molar-refractivity contribution < 1.29 is 9.13 Å². The first-order chi connectivity index (χ1) is 8.65. The number of benzene rings is 1. The molecule has 1 aliphatic heterocycles. The van der Waals surface area contributed by atoms with Gasteiger partial charge in [0, 0.05) is 11.5 Å². The molecule has 1 atom stereocenters. The molecular weight excluding hydrogens is 293 g/mol. The number of thioether (sulfide) groups is 2. The molecule has 0 fully saturated rings.